The zero-order valence-electron chi connectivity index (χ0n) is 16.1. The first-order chi connectivity index (χ1) is 13.8. The molecule has 0 saturated carbocycles. The third kappa shape index (κ3) is 9.95. The van der Waals surface area contributed by atoms with Gasteiger partial charge >= 0.3 is 0 Å². The molecule has 2 rings (SSSR count). The number of rotatable bonds is 15. The van der Waals surface area contributed by atoms with Crippen molar-refractivity contribution in [3.63, 3.8) is 0 Å². The van der Waals surface area contributed by atoms with Gasteiger partial charge in [0, 0.05) is 18.7 Å². The summed E-state index contributed by atoms with van der Waals surface area (Å²) >= 11 is 0. The van der Waals surface area contributed by atoms with Crippen molar-refractivity contribution in [3.8, 4) is 5.75 Å². The number of nitro groups is 1. The molecule has 1 aromatic carbocycles. The fourth-order valence-electron chi connectivity index (χ4n) is 2.51. The van der Waals surface area contributed by atoms with Gasteiger partial charge in [-0.05, 0) is 31.4 Å². The van der Waals surface area contributed by atoms with E-state index in [0.717, 1.165) is 25.9 Å². The maximum absolute atomic E-state index is 10.6. The van der Waals surface area contributed by atoms with E-state index in [9.17, 15) is 10.1 Å². The third-order valence-electron chi connectivity index (χ3n) is 3.96. The Bertz CT molecular complexity index is 533. The van der Waals surface area contributed by atoms with Crippen molar-refractivity contribution in [2.45, 2.75) is 25.6 Å². The summed E-state index contributed by atoms with van der Waals surface area (Å²) in [6, 6.07) is 5.94. The summed E-state index contributed by atoms with van der Waals surface area (Å²) in [5.41, 5.74) is 0.0375. The summed E-state index contributed by atoms with van der Waals surface area (Å²) in [7, 11) is 0. The van der Waals surface area contributed by atoms with Gasteiger partial charge in [0.2, 0.25) is 0 Å². The van der Waals surface area contributed by atoms with E-state index < -0.39 is 4.92 Å². The smallest absolute Gasteiger partial charge is 0.269 e. The first-order valence-electron chi connectivity index (χ1n) is 9.59. The molecule has 1 saturated heterocycles. The van der Waals surface area contributed by atoms with Crippen molar-refractivity contribution in [1.29, 1.82) is 0 Å². The molecule has 0 amide bonds. The molecule has 0 spiro atoms. The second-order valence-electron chi connectivity index (χ2n) is 6.10. The highest BCUT2D eigenvalue weighted by molar-refractivity contribution is 5.35. The SMILES string of the molecule is O=[N+]([O-])c1ccc(OCCOCCOCCOCCOC2CCCCO2)cc1. The van der Waals surface area contributed by atoms with Gasteiger partial charge in [-0.3, -0.25) is 10.1 Å². The molecule has 0 aromatic heterocycles. The average Bonchev–Trinajstić information content (AvgIpc) is 2.72. The Kier molecular flexibility index (Phi) is 11.5. The van der Waals surface area contributed by atoms with Gasteiger partial charge in [-0.2, -0.15) is 0 Å². The van der Waals surface area contributed by atoms with E-state index in [2.05, 4.69) is 0 Å². The minimum Gasteiger partial charge on any atom is -0.491 e. The highest BCUT2D eigenvalue weighted by Gasteiger charge is 2.13. The van der Waals surface area contributed by atoms with Gasteiger partial charge in [0.1, 0.15) is 12.4 Å². The Balaban J connectivity index is 1.32. The summed E-state index contributed by atoms with van der Waals surface area (Å²) in [6.45, 7) is 4.58. The lowest BCUT2D eigenvalue weighted by molar-refractivity contribution is -0.384. The first-order valence-corrected chi connectivity index (χ1v) is 9.59. The minimum atomic E-state index is -0.446. The van der Waals surface area contributed by atoms with Crippen molar-refractivity contribution in [2.75, 3.05) is 59.5 Å². The fraction of sp³-hybridized carbons (Fsp3) is 0.684. The van der Waals surface area contributed by atoms with Gasteiger partial charge < -0.3 is 28.4 Å². The third-order valence-corrected chi connectivity index (χ3v) is 3.96. The normalized spacial score (nSPS) is 16.8. The molecule has 1 heterocycles. The van der Waals surface area contributed by atoms with Crippen LogP contribution in [0.15, 0.2) is 24.3 Å². The molecular formula is C19H29NO8. The molecule has 158 valence electrons. The molecule has 1 aromatic rings. The quantitative estimate of drug-likeness (QED) is 0.252. The van der Waals surface area contributed by atoms with Crippen LogP contribution >= 0.6 is 0 Å². The van der Waals surface area contributed by atoms with Crippen molar-refractivity contribution < 1.29 is 33.3 Å². The van der Waals surface area contributed by atoms with Crippen LogP contribution in [0, 0.1) is 10.1 Å². The topological polar surface area (TPSA) is 98.5 Å². The number of nitrogens with zero attached hydrogens (tertiary/aromatic N) is 1. The number of non-ortho nitro benzene ring substituents is 1. The summed E-state index contributed by atoms with van der Waals surface area (Å²) in [5, 5.41) is 10.6. The van der Waals surface area contributed by atoms with Gasteiger partial charge in [-0.25, -0.2) is 0 Å². The molecule has 1 atom stereocenters. The molecule has 9 nitrogen and oxygen atoms in total. The standard InChI is InChI=1S/C19H29NO8/c21-20(22)17-4-6-18(7-5-17)26-15-13-24-11-9-23-10-12-25-14-16-28-19-3-1-2-8-27-19/h4-7,19H,1-3,8-16H2. The molecule has 0 aliphatic carbocycles. The van der Waals surface area contributed by atoms with Crippen LogP contribution in [0.1, 0.15) is 19.3 Å². The summed E-state index contributed by atoms with van der Waals surface area (Å²) in [4.78, 5) is 10.1. The molecule has 0 N–H and O–H groups in total. The van der Waals surface area contributed by atoms with Crippen LogP contribution in [0.3, 0.4) is 0 Å². The maximum Gasteiger partial charge on any atom is 0.269 e. The number of ether oxygens (including phenoxy) is 6. The van der Waals surface area contributed by atoms with Gasteiger partial charge in [-0.15, -0.1) is 0 Å². The summed E-state index contributed by atoms with van der Waals surface area (Å²) in [5.74, 6) is 0.571. The Morgan fingerprint density at radius 2 is 1.50 bits per heavy atom. The summed E-state index contributed by atoms with van der Waals surface area (Å²) in [6.07, 6.45) is 3.16. The molecule has 1 unspecified atom stereocenters. The van der Waals surface area contributed by atoms with Crippen molar-refractivity contribution >= 4 is 5.69 Å². The van der Waals surface area contributed by atoms with Crippen LogP contribution in [0.2, 0.25) is 0 Å². The summed E-state index contributed by atoms with van der Waals surface area (Å²) < 4.78 is 32.7. The van der Waals surface area contributed by atoms with E-state index in [1.807, 2.05) is 0 Å². The average molecular weight is 399 g/mol. The van der Waals surface area contributed by atoms with E-state index in [1.54, 1.807) is 12.1 Å². The predicted octanol–water partition coefficient (Wildman–Crippen LogP) is 2.57. The largest absolute Gasteiger partial charge is 0.491 e. The zero-order valence-corrected chi connectivity index (χ0v) is 16.1. The molecule has 0 bridgehead atoms. The van der Waals surface area contributed by atoms with Crippen molar-refractivity contribution in [1.82, 2.24) is 0 Å². The van der Waals surface area contributed by atoms with Gasteiger partial charge in [0.15, 0.2) is 6.29 Å². The Labute approximate surface area is 165 Å². The van der Waals surface area contributed by atoms with Crippen LogP contribution in [0.25, 0.3) is 0 Å². The Hall–Kier alpha value is -1.78. The van der Waals surface area contributed by atoms with Crippen LogP contribution in [-0.4, -0.2) is 70.7 Å². The lowest BCUT2D eigenvalue weighted by atomic mass is 10.2. The van der Waals surface area contributed by atoms with Gasteiger partial charge in [-0.1, -0.05) is 0 Å². The van der Waals surface area contributed by atoms with Gasteiger partial charge in [0.25, 0.3) is 5.69 Å². The number of hydrogen-bond acceptors (Lipinski definition) is 8. The molecule has 1 aliphatic rings. The van der Waals surface area contributed by atoms with E-state index >= 15 is 0 Å². The van der Waals surface area contributed by atoms with Crippen LogP contribution in [-0.2, 0) is 23.7 Å². The second-order valence-corrected chi connectivity index (χ2v) is 6.10. The Morgan fingerprint density at radius 3 is 2.07 bits per heavy atom. The first kappa shape index (κ1) is 22.5. The molecule has 28 heavy (non-hydrogen) atoms. The molecule has 0 radical (unpaired) electrons. The minimum absolute atomic E-state index is 0.0375. The fourth-order valence-corrected chi connectivity index (χ4v) is 2.51. The van der Waals surface area contributed by atoms with Crippen LogP contribution < -0.4 is 4.74 Å². The van der Waals surface area contributed by atoms with E-state index in [0.29, 0.717) is 58.6 Å². The monoisotopic (exact) mass is 399 g/mol. The lowest BCUT2D eigenvalue weighted by Crippen LogP contribution is -2.24. The van der Waals surface area contributed by atoms with E-state index in [1.165, 1.54) is 12.1 Å². The molecular weight excluding hydrogens is 370 g/mol. The molecule has 9 heteroatoms. The maximum atomic E-state index is 10.6. The van der Waals surface area contributed by atoms with Crippen LogP contribution in [0.4, 0.5) is 5.69 Å². The highest BCUT2D eigenvalue weighted by Crippen LogP contribution is 2.17. The molecule has 1 aliphatic heterocycles. The molecule has 1 fully saturated rings. The van der Waals surface area contributed by atoms with Crippen molar-refractivity contribution in [3.05, 3.63) is 34.4 Å². The highest BCUT2D eigenvalue weighted by atomic mass is 16.7. The number of benzene rings is 1. The van der Waals surface area contributed by atoms with Crippen molar-refractivity contribution in [2.24, 2.45) is 0 Å². The van der Waals surface area contributed by atoms with E-state index in [-0.39, 0.29) is 12.0 Å². The predicted molar refractivity (Wildman–Crippen MR) is 101 cm³/mol. The van der Waals surface area contributed by atoms with Crippen LogP contribution in [0.5, 0.6) is 5.75 Å². The number of hydrogen-bond donors (Lipinski definition) is 0. The Morgan fingerprint density at radius 1 is 0.893 bits per heavy atom. The second kappa shape index (κ2) is 14.3. The van der Waals surface area contributed by atoms with E-state index in [4.69, 9.17) is 28.4 Å². The lowest BCUT2D eigenvalue weighted by Gasteiger charge is -2.22. The number of nitro benzene ring substituents is 1. The zero-order chi connectivity index (χ0) is 19.9. The van der Waals surface area contributed by atoms with Gasteiger partial charge in [0.05, 0.1) is 51.2 Å².